The standard InChI is InChI=1S/C14H25NO3/c1-4-14(8-6-5-7-9-14)13(18)15-11(3)10(2)12(16)17/h10-11H,4-9H2,1-3H3,(H,15,18)(H,16,17). The van der Waals surface area contributed by atoms with Crippen molar-refractivity contribution in [1.82, 2.24) is 5.32 Å². The molecule has 2 N–H and O–H groups in total. The van der Waals surface area contributed by atoms with E-state index in [-0.39, 0.29) is 17.4 Å². The van der Waals surface area contributed by atoms with Crippen LogP contribution in [0.1, 0.15) is 59.3 Å². The smallest absolute Gasteiger partial charge is 0.308 e. The molecule has 104 valence electrons. The van der Waals surface area contributed by atoms with Crippen LogP contribution >= 0.6 is 0 Å². The Labute approximate surface area is 109 Å². The summed E-state index contributed by atoms with van der Waals surface area (Å²) in [6, 6.07) is -0.319. The van der Waals surface area contributed by atoms with Crippen LogP contribution in [0.5, 0.6) is 0 Å². The van der Waals surface area contributed by atoms with Crippen LogP contribution in [-0.4, -0.2) is 23.0 Å². The van der Waals surface area contributed by atoms with Gasteiger partial charge in [0.05, 0.1) is 5.92 Å². The average Bonchev–Trinajstić information content (AvgIpc) is 2.38. The van der Waals surface area contributed by atoms with Crippen LogP contribution < -0.4 is 5.32 Å². The minimum atomic E-state index is -0.864. The van der Waals surface area contributed by atoms with E-state index in [9.17, 15) is 9.59 Å². The average molecular weight is 255 g/mol. The van der Waals surface area contributed by atoms with Gasteiger partial charge in [-0.3, -0.25) is 9.59 Å². The summed E-state index contributed by atoms with van der Waals surface area (Å²) in [5, 5.41) is 11.8. The number of carboxylic acid groups (broad SMARTS) is 1. The quantitative estimate of drug-likeness (QED) is 0.793. The largest absolute Gasteiger partial charge is 0.481 e. The van der Waals surface area contributed by atoms with Crippen molar-refractivity contribution in [2.45, 2.75) is 65.3 Å². The van der Waals surface area contributed by atoms with Crippen molar-refractivity contribution < 1.29 is 14.7 Å². The van der Waals surface area contributed by atoms with E-state index in [1.165, 1.54) is 6.42 Å². The second-order valence-corrected chi connectivity index (χ2v) is 5.58. The van der Waals surface area contributed by atoms with Crippen molar-refractivity contribution in [3.8, 4) is 0 Å². The maximum Gasteiger partial charge on any atom is 0.308 e. The van der Waals surface area contributed by atoms with Gasteiger partial charge in [-0.25, -0.2) is 0 Å². The molecule has 1 aliphatic rings. The number of carbonyl (C=O) groups excluding carboxylic acids is 1. The number of amides is 1. The topological polar surface area (TPSA) is 66.4 Å². The summed E-state index contributed by atoms with van der Waals surface area (Å²) in [5.41, 5.74) is -0.259. The fourth-order valence-corrected chi connectivity index (χ4v) is 2.67. The summed E-state index contributed by atoms with van der Waals surface area (Å²) >= 11 is 0. The van der Waals surface area contributed by atoms with Gasteiger partial charge in [0, 0.05) is 11.5 Å². The molecule has 1 fully saturated rings. The van der Waals surface area contributed by atoms with E-state index in [1.807, 2.05) is 0 Å². The van der Waals surface area contributed by atoms with E-state index in [1.54, 1.807) is 13.8 Å². The molecular weight excluding hydrogens is 230 g/mol. The zero-order valence-corrected chi connectivity index (χ0v) is 11.7. The summed E-state index contributed by atoms with van der Waals surface area (Å²) < 4.78 is 0. The lowest BCUT2D eigenvalue weighted by atomic mass is 9.71. The minimum absolute atomic E-state index is 0.0466. The summed E-state index contributed by atoms with van der Waals surface area (Å²) in [7, 11) is 0. The third kappa shape index (κ3) is 3.24. The zero-order chi connectivity index (χ0) is 13.8. The third-order valence-electron chi connectivity index (χ3n) is 4.47. The Kier molecular flexibility index (Phi) is 5.17. The monoisotopic (exact) mass is 255 g/mol. The molecule has 0 aromatic rings. The molecule has 0 bridgehead atoms. The van der Waals surface area contributed by atoms with Gasteiger partial charge in [0.1, 0.15) is 0 Å². The highest BCUT2D eigenvalue weighted by Crippen LogP contribution is 2.39. The molecule has 2 atom stereocenters. The first kappa shape index (κ1) is 15.0. The summed E-state index contributed by atoms with van der Waals surface area (Å²) in [5.74, 6) is -1.37. The Bertz CT molecular complexity index is 308. The maximum absolute atomic E-state index is 12.4. The maximum atomic E-state index is 12.4. The molecule has 0 aromatic carbocycles. The molecule has 0 heterocycles. The Morgan fingerprint density at radius 1 is 1.22 bits per heavy atom. The van der Waals surface area contributed by atoms with Crippen molar-refractivity contribution in [3.63, 3.8) is 0 Å². The molecule has 1 rings (SSSR count). The van der Waals surface area contributed by atoms with Gasteiger partial charge in [-0.2, -0.15) is 0 Å². The van der Waals surface area contributed by atoms with Gasteiger partial charge in [-0.15, -0.1) is 0 Å². The molecule has 4 heteroatoms. The first-order valence-electron chi connectivity index (χ1n) is 6.97. The normalized spacial score (nSPS) is 21.9. The number of hydrogen-bond acceptors (Lipinski definition) is 2. The van der Waals surface area contributed by atoms with Crippen LogP contribution in [0.15, 0.2) is 0 Å². The first-order valence-corrected chi connectivity index (χ1v) is 6.97. The lowest BCUT2D eigenvalue weighted by Gasteiger charge is -2.36. The van der Waals surface area contributed by atoms with Crippen LogP contribution in [0, 0.1) is 11.3 Å². The molecule has 1 amide bonds. The van der Waals surface area contributed by atoms with Gasteiger partial charge >= 0.3 is 5.97 Å². The number of rotatable bonds is 5. The Morgan fingerprint density at radius 2 is 1.78 bits per heavy atom. The van der Waals surface area contributed by atoms with Gasteiger partial charge in [0.2, 0.25) is 5.91 Å². The molecule has 1 saturated carbocycles. The fourth-order valence-electron chi connectivity index (χ4n) is 2.67. The molecule has 0 saturated heterocycles. The highest BCUT2D eigenvalue weighted by atomic mass is 16.4. The van der Waals surface area contributed by atoms with Gasteiger partial charge < -0.3 is 10.4 Å². The molecule has 0 radical (unpaired) electrons. The number of aliphatic carboxylic acids is 1. The van der Waals surface area contributed by atoms with Crippen LogP contribution in [0.4, 0.5) is 0 Å². The third-order valence-corrected chi connectivity index (χ3v) is 4.47. The van der Waals surface area contributed by atoms with Crippen molar-refractivity contribution in [3.05, 3.63) is 0 Å². The SMILES string of the molecule is CCC1(C(=O)NC(C)C(C)C(=O)O)CCCCC1. The van der Waals surface area contributed by atoms with Gasteiger partial charge in [0.25, 0.3) is 0 Å². The number of carboxylic acids is 1. The first-order chi connectivity index (χ1) is 8.43. The molecular formula is C14H25NO3. The second kappa shape index (κ2) is 6.21. The van der Waals surface area contributed by atoms with E-state index < -0.39 is 11.9 Å². The van der Waals surface area contributed by atoms with Crippen molar-refractivity contribution >= 4 is 11.9 Å². The number of carbonyl (C=O) groups is 2. The molecule has 0 aliphatic heterocycles. The van der Waals surface area contributed by atoms with Crippen molar-refractivity contribution in [1.29, 1.82) is 0 Å². The Morgan fingerprint density at radius 3 is 2.22 bits per heavy atom. The lowest BCUT2D eigenvalue weighted by Crippen LogP contribution is -2.48. The predicted octanol–water partition coefficient (Wildman–Crippen LogP) is 2.57. The highest BCUT2D eigenvalue weighted by molar-refractivity contribution is 5.83. The predicted molar refractivity (Wildman–Crippen MR) is 70.2 cm³/mol. The second-order valence-electron chi connectivity index (χ2n) is 5.58. The van der Waals surface area contributed by atoms with Gasteiger partial charge in [-0.1, -0.05) is 26.2 Å². The van der Waals surface area contributed by atoms with Crippen LogP contribution in [0.25, 0.3) is 0 Å². The summed E-state index contributed by atoms with van der Waals surface area (Å²) in [6.07, 6.45) is 6.12. The molecule has 18 heavy (non-hydrogen) atoms. The minimum Gasteiger partial charge on any atom is -0.481 e. The number of nitrogens with one attached hydrogen (secondary N) is 1. The number of hydrogen-bond donors (Lipinski definition) is 2. The van der Waals surface area contributed by atoms with E-state index in [2.05, 4.69) is 12.2 Å². The molecule has 0 spiro atoms. The van der Waals surface area contributed by atoms with E-state index in [4.69, 9.17) is 5.11 Å². The molecule has 2 unspecified atom stereocenters. The van der Waals surface area contributed by atoms with E-state index in [0.717, 1.165) is 32.1 Å². The molecule has 1 aliphatic carbocycles. The van der Waals surface area contributed by atoms with Gasteiger partial charge in [-0.05, 0) is 33.1 Å². The Balaban J connectivity index is 2.65. The van der Waals surface area contributed by atoms with Crippen LogP contribution in [0.3, 0.4) is 0 Å². The summed E-state index contributed by atoms with van der Waals surface area (Å²) in [6.45, 7) is 5.45. The van der Waals surface area contributed by atoms with Crippen LogP contribution in [-0.2, 0) is 9.59 Å². The molecule has 4 nitrogen and oxygen atoms in total. The zero-order valence-electron chi connectivity index (χ0n) is 11.7. The van der Waals surface area contributed by atoms with Crippen LogP contribution in [0.2, 0.25) is 0 Å². The van der Waals surface area contributed by atoms with Crippen molar-refractivity contribution in [2.24, 2.45) is 11.3 Å². The lowest BCUT2D eigenvalue weighted by molar-refractivity contribution is -0.143. The molecule has 0 aromatic heterocycles. The summed E-state index contributed by atoms with van der Waals surface area (Å²) in [4.78, 5) is 23.3. The Hall–Kier alpha value is -1.06. The van der Waals surface area contributed by atoms with Gasteiger partial charge in [0.15, 0.2) is 0 Å². The highest BCUT2D eigenvalue weighted by Gasteiger charge is 2.38. The van der Waals surface area contributed by atoms with Crippen molar-refractivity contribution in [2.75, 3.05) is 0 Å². The van der Waals surface area contributed by atoms with E-state index >= 15 is 0 Å². The fraction of sp³-hybridized carbons (Fsp3) is 0.857. The van der Waals surface area contributed by atoms with E-state index in [0.29, 0.717) is 0 Å².